The largest absolute Gasteiger partial charge is 0.335 e. The molecule has 18 heavy (non-hydrogen) atoms. The van der Waals surface area contributed by atoms with Crippen molar-refractivity contribution < 1.29 is 9.18 Å². The smallest absolute Gasteiger partial charge is 0.319 e. The van der Waals surface area contributed by atoms with Crippen LogP contribution in [0.2, 0.25) is 0 Å². The lowest BCUT2D eigenvalue weighted by atomic mass is 9.88. The molecule has 1 rings (SSSR count). The predicted molar refractivity (Wildman–Crippen MR) is 75.2 cm³/mol. The van der Waals surface area contributed by atoms with E-state index in [4.69, 9.17) is 0 Å². The van der Waals surface area contributed by atoms with Crippen molar-refractivity contribution in [2.45, 2.75) is 33.7 Å². The van der Waals surface area contributed by atoms with Gasteiger partial charge in [0.15, 0.2) is 0 Å². The molecule has 0 bridgehead atoms. The monoisotopic (exact) mass is 316 g/mol. The Morgan fingerprint density at radius 2 is 2.00 bits per heavy atom. The van der Waals surface area contributed by atoms with Crippen LogP contribution in [-0.4, -0.2) is 12.1 Å². The summed E-state index contributed by atoms with van der Waals surface area (Å²) in [4.78, 5) is 11.7. The summed E-state index contributed by atoms with van der Waals surface area (Å²) >= 11 is 3.16. The molecule has 0 aromatic heterocycles. The fourth-order valence-electron chi connectivity index (χ4n) is 1.16. The number of amides is 2. The van der Waals surface area contributed by atoms with Crippen LogP contribution in [0.3, 0.4) is 0 Å². The first-order valence-electron chi connectivity index (χ1n) is 5.72. The lowest BCUT2D eigenvalue weighted by Gasteiger charge is -2.28. The first-order chi connectivity index (χ1) is 8.20. The normalized spacial score (nSPS) is 13.0. The number of halogens is 2. The molecule has 5 heteroatoms. The molecule has 2 N–H and O–H groups in total. The Balaban J connectivity index is 2.65. The van der Waals surface area contributed by atoms with Crippen LogP contribution >= 0.6 is 15.9 Å². The number of carbonyl (C=O) groups is 1. The summed E-state index contributed by atoms with van der Waals surface area (Å²) in [6, 6.07) is 4.07. The number of rotatable bonds is 2. The number of nitrogens with one attached hydrogen (secondary N) is 2. The summed E-state index contributed by atoms with van der Waals surface area (Å²) in [5.74, 6) is -0.470. The first kappa shape index (κ1) is 15.0. The third-order valence-electron chi connectivity index (χ3n) is 2.83. The zero-order valence-electron chi connectivity index (χ0n) is 11.0. The second kappa shape index (κ2) is 5.69. The summed E-state index contributed by atoms with van der Waals surface area (Å²) in [6.07, 6.45) is 0. The number of hydrogen-bond acceptors (Lipinski definition) is 1. The van der Waals surface area contributed by atoms with Crippen molar-refractivity contribution in [2.24, 2.45) is 5.41 Å². The number of hydrogen-bond donors (Lipinski definition) is 2. The number of anilines is 1. The van der Waals surface area contributed by atoms with Crippen LogP contribution in [0.5, 0.6) is 0 Å². The van der Waals surface area contributed by atoms with Crippen LogP contribution in [0.15, 0.2) is 22.7 Å². The molecule has 0 heterocycles. The summed E-state index contributed by atoms with van der Waals surface area (Å²) in [5.41, 5.74) is 0.118. The quantitative estimate of drug-likeness (QED) is 0.845. The van der Waals surface area contributed by atoms with Gasteiger partial charge in [-0.3, -0.25) is 0 Å². The van der Waals surface area contributed by atoms with Crippen molar-refractivity contribution >= 4 is 27.6 Å². The summed E-state index contributed by atoms with van der Waals surface area (Å²) in [7, 11) is 0. The van der Waals surface area contributed by atoms with Gasteiger partial charge < -0.3 is 10.6 Å². The molecule has 100 valence electrons. The van der Waals surface area contributed by atoms with Crippen molar-refractivity contribution in [1.29, 1.82) is 0 Å². The maximum absolute atomic E-state index is 13.5. The molecule has 0 spiro atoms. The first-order valence-corrected chi connectivity index (χ1v) is 6.52. The lowest BCUT2D eigenvalue weighted by molar-refractivity contribution is 0.233. The van der Waals surface area contributed by atoms with Gasteiger partial charge in [-0.05, 0) is 30.5 Å². The molecule has 1 atom stereocenters. The minimum absolute atomic E-state index is 0.0176. The molecule has 1 aromatic carbocycles. The van der Waals surface area contributed by atoms with Gasteiger partial charge in [-0.25, -0.2) is 9.18 Å². The Morgan fingerprint density at radius 3 is 2.50 bits per heavy atom. The van der Waals surface area contributed by atoms with Crippen molar-refractivity contribution in [3.8, 4) is 0 Å². The average Bonchev–Trinajstić information content (AvgIpc) is 2.20. The third kappa shape index (κ3) is 4.29. The summed E-state index contributed by atoms with van der Waals surface area (Å²) < 4.78 is 14.1. The maximum atomic E-state index is 13.5. The van der Waals surface area contributed by atoms with Gasteiger partial charge in [0, 0.05) is 10.5 Å². The SMILES string of the molecule is CC(NC(=O)Nc1ccc(Br)cc1F)C(C)(C)C. The molecule has 1 aromatic rings. The molecule has 0 saturated carbocycles. The highest BCUT2D eigenvalue weighted by Gasteiger charge is 2.21. The van der Waals surface area contributed by atoms with Gasteiger partial charge in [0.05, 0.1) is 5.69 Å². The Kier molecular flexibility index (Phi) is 4.73. The van der Waals surface area contributed by atoms with Crippen LogP contribution in [0, 0.1) is 11.2 Å². The molecular formula is C13H18BrFN2O. The van der Waals surface area contributed by atoms with E-state index in [0.717, 1.165) is 0 Å². The lowest BCUT2D eigenvalue weighted by Crippen LogP contribution is -2.43. The van der Waals surface area contributed by atoms with Crippen molar-refractivity contribution in [3.05, 3.63) is 28.5 Å². The fraction of sp³-hybridized carbons (Fsp3) is 0.462. The fourth-order valence-corrected chi connectivity index (χ4v) is 1.50. The zero-order valence-corrected chi connectivity index (χ0v) is 12.6. The Labute approximate surface area is 115 Å². The number of urea groups is 1. The van der Waals surface area contributed by atoms with E-state index < -0.39 is 11.8 Å². The topological polar surface area (TPSA) is 41.1 Å². The summed E-state index contributed by atoms with van der Waals surface area (Å²) in [6.45, 7) is 7.99. The molecule has 0 aliphatic carbocycles. The van der Waals surface area contributed by atoms with E-state index in [1.54, 1.807) is 6.07 Å². The van der Waals surface area contributed by atoms with Gasteiger partial charge in [-0.15, -0.1) is 0 Å². The van der Waals surface area contributed by atoms with E-state index in [-0.39, 0.29) is 17.1 Å². The van der Waals surface area contributed by atoms with Crippen molar-refractivity contribution in [2.75, 3.05) is 5.32 Å². The number of carbonyl (C=O) groups excluding carboxylic acids is 1. The van der Waals surface area contributed by atoms with Crippen molar-refractivity contribution in [3.63, 3.8) is 0 Å². The van der Waals surface area contributed by atoms with E-state index in [9.17, 15) is 9.18 Å². The van der Waals surface area contributed by atoms with Gasteiger partial charge in [-0.1, -0.05) is 36.7 Å². The molecule has 0 radical (unpaired) electrons. The minimum Gasteiger partial charge on any atom is -0.335 e. The maximum Gasteiger partial charge on any atom is 0.319 e. The Morgan fingerprint density at radius 1 is 1.39 bits per heavy atom. The molecular weight excluding hydrogens is 299 g/mol. The molecule has 3 nitrogen and oxygen atoms in total. The molecule has 0 saturated heterocycles. The molecule has 2 amide bonds. The van der Waals surface area contributed by atoms with Gasteiger partial charge >= 0.3 is 6.03 Å². The van der Waals surface area contributed by atoms with Gasteiger partial charge in [-0.2, -0.15) is 0 Å². The average molecular weight is 317 g/mol. The van der Waals surface area contributed by atoms with Crippen LogP contribution < -0.4 is 10.6 Å². The van der Waals surface area contributed by atoms with Gasteiger partial charge in [0.1, 0.15) is 5.82 Å². The Hall–Kier alpha value is -1.10. The van der Waals surface area contributed by atoms with Crippen LogP contribution in [0.1, 0.15) is 27.7 Å². The molecule has 0 aliphatic rings. The van der Waals surface area contributed by atoms with E-state index in [2.05, 4.69) is 26.6 Å². The van der Waals surface area contributed by atoms with E-state index in [1.807, 2.05) is 27.7 Å². The second-order valence-corrected chi connectivity index (χ2v) is 6.23. The standard InChI is InChI=1S/C13H18BrFN2O/c1-8(13(2,3)4)16-12(18)17-11-6-5-9(14)7-10(11)15/h5-8H,1-4H3,(H2,16,17,18). The van der Waals surface area contributed by atoms with Gasteiger partial charge in [0.25, 0.3) is 0 Å². The van der Waals surface area contributed by atoms with Gasteiger partial charge in [0.2, 0.25) is 0 Å². The zero-order chi connectivity index (χ0) is 13.9. The van der Waals surface area contributed by atoms with Crippen LogP contribution in [0.25, 0.3) is 0 Å². The van der Waals surface area contributed by atoms with E-state index >= 15 is 0 Å². The second-order valence-electron chi connectivity index (χ2n) is 5.31. The highest BCUT2D eigenvalue weighted by molar-refractivity contribution is 9.10. The highest BCUT2D eigenvalue weighted by atomic mass is 79.9. The number of benzene rings is 1. The van der Waals surface area contributed by atoms with Crippen LogP contribution in [-0.2, 0) is 0 Å². The van der Waals surface area contributed by atoms with E-state index in [0.29, 0.717) is 4.47 Å². The van der Waals surface area contributed by atoms with Crippen molar-refractivity contribution in [1.82, 2.24) is 5.32 Å². The molecule has 1 unspecified atom stereocenters. The van der Waals surface area contributed by atoms with Crippen LogP contribution in [0.4, 0.5) is 14.9 Å². The molecule has 0 fully saturated rings. The summed E-state index contributed by atoms with van der Waals surface area (Å²) in [5, 5.41) is 5.28. The molecule has 0 aliphatic heterocycles. The predicted octanol–water partition coefficient (Wildman–Crippen LogP) is 4.14. The Bertz CT molecular complexity index is 443. The van der Waals surface area contributed by atoms with E-state index in [1.165, 1.54) is 12.1 Å². The highest BCUT2D eigenvalue weighted by Crippen LogP contribution is 2.20. The third-order valence-corrected chi connectivity index (χ3v) is 3.32. The minimum atomic E-state index is -0.470.